The molecule has 0 spiro atoms. The van der Waals surface area contributed by atoms with Crippen molar-refractivity contribution in [1.82, 2.24) is 4.98 Å². The maximum absolute atomic E-state index is 11.4. The van der Waals surface area contributed by atoms with Crippen molar-refractivity contribution in [2.75, 3.05) is 6.61 Å². The van der Waals surface area contributed by atoms with Gasteiger partial charge in [-0.2, -0.15) is 0 Å². The first-order valence-corrected chi connectivity index (χ1v) is 8.16. The van der Waals surface area contributed by atoms with Crippen molar-refractivity contribution >= 4 is 27.5 Å². The normalized spacial score (nSPS) is 25.3. The number of fused-ring (bicyclic) bond motifs is 1. The summed E-state index contributed by atoms with van der Waals surface area (Å²) in [5.74, 6) is 0.341. The monoisotopic (exact) mass is 305 g/mol. The Morgan fingerprint density at radius 1 is 1.48 bits per heavy atom. The van der Waals surface area contributed by atoms with Gasteiger partial charge in [-0.15, -0.1) is 11.3 Å². The largest absolute Gasteiger partial charge is 0.494 e. The molecule has 2 aromatic rings. The summed E-state index contributed by atoms with van der Waals surface area (Å²) in [7, 11) is 0. The van der Waals surface area contributed by atoms with Crippen LogP contribution in [0.4, 0.5) is 0 Å². The fraction of sp³-hybridized carbons (Fsp3) is 0.500. The first-order chi connectivity index (χ1) is 10.1. The van der Waals surface area contributed by atoms with E-state index in [9.17, 15) is 9.90 Å². The van der Waals surface area contributed by atoms with E-state index in [1.165, 1.54) is 0 Å². The number of ether oxygens (including phenoxy) is 1. The van der Waals surface area contributed by atoms with Gasteiger partial charge in [-0.1, -0.05) is 6.92 Å². The van der Waals surface area contributed by atoms with Gasteiger partial charge in [-0.3, -0.25) is 4.79 Å². The van der Waals surface area contributed by atoms with Crippen LogP contribution in [0, 0.1) is 11.8 Å². The van der Waals surface area contributed by atoms with Crippen molar-refractivity contribution in [3.05, 3.63) is 23.2 Å². The molecule has 21 heavy (non-hydrogen) atoms. The third-order valence-electron chi connectivity index (χ3n) is 4.12. The summed E-state index contributed by atoms with van der Waals surface area (Å²) in [6, 6.07) is 5.86. The molecule has 4 nitrogen and oxygen atoms in total. The van der Waals surface area contributed by atoms with E-state index in [0.717, 1.165) is 33.8 Å². The molecule has 3 atom stereocenters. The Kier molecular flexibility index (Phi) is 3.85. The van der Waals surface area contributed by atoms with Gasteiger partial charge in [0.15, 0.2) is 0 Å². The molecule has 0 aliphatic heterocycles. The van der Waals surface area contributed by atoms with Crippen LogP contribution in [0.3, 0.4) is 0 Å². The van der Waals surface area contributed by atoms with E-state index in [1.807, 2.05) is 25.1 Å². The number of hydrogen-bond acceptors (Lipinski definition) is 4. The Labute approximate surface area is 127 Å². The van der Waals surface area contributed by atoms with E-state index in [1.54, 1.807) is 11.3 Å². The number of nitrogens with zero attached hydrogens (tertiary/aromatic N) is 1. The minimum Gasteiger partial charge on any atom is -0.494 e. The number of aromatic nitrogens is 1. The van der Waals surface area contributed by atoms with Crippen molar-refractivity contribution in [2.45, 2.75) is 32.6 Å². The van der Waals surface area contributed by atoms with Crippen molar-refractivity contribution in [3.8, 4) is 5.75 Å². The van der Waals surface area contributed by atoms with Crippen molar-refractivity contribution < 1.29 is 14.6 Å². The molecule has 1 fully saturated rings. The molecule has 0 amide bonds. The van der Waals surface area contributed by atoms with E-state index >= 15 is 0 Å². The molecule has 1 N–H and O–H groups in total. The molecule has 1 heterocycles. The lowest BCUT2D eigenvalue weighted by molar-refractivity contribution is -0.142. The number of aliphatic carboxylic acids is 1. The smallest absolute Gasteiger partial charge is 0.307 e. The number of carbonyl (C=O) groups is 1. The zero-order chi connectivity index (χ0) is 15.0. The average molecular weight is 305 g/mol. The molecule has 1 saturated carbocycles. The number of rotatable bonds is 4. The summed E-state index contributed by atoms with van der Waals surface area (Å²) in [4.78, 5) is 16.1. The second-order valence-corrected chi connectivity index (χ2v) is 6.80. The highest BCUT2D eigenvalue weighted by atomic mass is 32.1. The highest BCUT2D eigenvalue weighted by Gasteiger charge is 2.39. The summed E-state index contributed by atoms with van der Waals surface area (Å²) in [5.41, 5.74) is 0.933. The highest BCUT2D eigenvalue weighted by Crippen LogP contribution is 2.45. The molecule has 1 aliphatic rings. The van der Waals surface area contributed by atoms with E-state index in [-0.39, 0.29) is 11.8 Å². The Hall–Kier alpha value is -1.62. The predicted molar refractivity (Wildman–Crippen MR) is 83.1 cm³/mol. The molecule has 5 heteroatoms. The summed E-state index contributed by atoms with van der Waals surface area (Å²) in [6.45, 7) is 4.72. The Morgan fingerprint density at radius 2 is 2.29 bits per heavy atom. The molecule has 1 aliphatic carbocycles. The van der Waals surface area contributed by atoms with Crippen LogP contribution in [-0.4, -0.2) is 22.7 Å². The van der Waals surface area contributed by atoms with Gasteiger partial charge in [0.25, 0.3) is 0 Å². The van der Waals surface area contributed by atoms with Crippen LogP contribution in [0.5, 0.6) is 5.75 Å². The zero-order valence-corrected chi connectivity index (χ0v) is 13.0. The van der Waals surface area contributed by atoms with Crippen LogP contribution >= 0.6 is 11.3 Å². The zero-order valence-electron chi connectivity index (χ0n) is 12.2. The molecule has 1 aromatic carbocycles. The van der Waals surface area contributed by atoms with Gasteiger partial charge in [0.05, 0.1) is 27.7 Å². The SMILES string of the molecule is CCOc1ccc2nc(C3CC(C)CC3C(=O)O)sc2c1. The summed E-state index contributed by atoms with van der Waals surface area (Å²) in [5, 5.41) is 10.4. The van der Waals surface area contributed by atoms with Crippen molar-refractivity contribution in [3.63, 3.8) is 0 Å². The average Bonchev–Trinajstić information content (AvgIpc) is 3.01. The number of hydrogen-bond donors (Lipinski definition) is 1. The summed E-state index contributed by atoms with van der Waals surface area (Å²) >= 11 is 1.60. The first kappa shape index (κ1) is 14.3. The van der Waals surface area contributed by atoms with Gasteiger partial charge in [-0.25, -0.2) is 4.98 Å². The van der Waals surface area contributed by atoms with Gasteiger partial charge >= 0.3 is 5.97 Å². The number of benzene rings is 1. The summed E-state index contributed by atoms with van der Waals surface area (Å²) in [6.07, 6.45) is 1.66. The van der Waals surface area contributed by atoms with Gasteiger partial charge in [0.1, 0.15) is 5.75 Å². The van der Waals surface area contributed by atoms with Gasteiger partial charge in [0, 0.05) is 5.92 Å². The van der Waals surface area contributed by atoms with Crippen LogP contribution < -0.4 is 4.74 Å². The summed E-state index contributed by atoms with van der Waals surface area (Å²) < 4.78 is 6.58. The predicted octanol–water partition coefficient (Wildman–Crippen LogP) is 3.91. The lowest BCUT2D eigenvalue weighted by atomic mass is 9.97. The molecular weight excluding hydrogens is 286 g/mol. The standard InChI is InChI=1S/C16H19NO3S/c1-3-20-10-4-5-13-14(8-10)21-15(17-13)11-6-9(2)7-12(11)16(18)19/h4-5,8-9,11-12H,3,6-7H2,1-2H3,(H,18,19). The number of carboxylic acids is 1. The van der Waals surface area contributed by atoms with Crippen LogP contribution in [0.25, 0.3) is 10.2 Å². The van der Waals surface area contributed by atoms with Gasteiger partial charge in [0.2, 0.25) is 0 Å². The lowest BCUT2D eigenvalue weighted by Crippen LogP contribution is -2.16. The molecule has 112 valence electrons. The van der Waals surface area contributed by atoms with E-state index in [0.29, 0.717) is 12.5 Å². The molecular formula is C16H19NO3S. The molecule has 3 rings (SSSR count). The Balaban J connectivity index is 1.94. The lowest BCUT2D eigenvalue weighted by Gasteiger charge is -2.11. The topological polar surface area (TPSA) is 59.4 Å². The number of thiazole rings is 1. The number of carboxylic acid groups (broad SMARTS) is 1. The molecule has 0 bridgehead atoms. The van der Waals surface area contributed by atoms with E-state index in [4.69, 9.17) is 4.74 Å². The molecule has 3 unspecified atom stereocenters. The van der Waals surface area contributed by atoms with Crippen LogP contribution in [0.15, 0.2) is 18.2 Å². The third kappa shape index (κ3) is 2.75. The fourth-order valence-electron chi connectivity index (χ4n) is 3.18. The van der Waals surface area contributed by atoms with Crippen LogP contribution in [0.1, 0.15) is 37.6 Å². The van der Waals surface area contributed by atoms with Crippen molar-refractivity contribution in [1.29, 1.82) is 0 Å². The minimum atomic E-state index is -0.696. The quantitative estimate of drug-likeness (QED) is 0.930. The van der Waals surface area contributed by atoms with Crippen molar-refractivity contribution in [2.24, 2.45) is 11.8 Å². The van der Waals surface area contributed by atoms with E-state index in [2.05, 4.69) is 11.9 Å². The first-order valence-electron chi connectivity index (χ1n) is 7.34. The Morgan fingerprint density at radius 3 is 3.00 bits per heavy atom. The van der Waals surface area contributed by atoms with Gasteiger partial charge < -0.3 is 9.84 Å². The van der Waals surface area contributed by atoms with E-state index < -0.39 is 5.97 Å². The van der Waals surface area contributed by atoms with Crippen LogP contribution in [-0.2, 0) is 4.79 Å². The second-order valence-electron chi connectivity index (χ2n) is 5.74. The maximum Gasteiger partial charge on any atom is 0.307 e. The molecule has 0 saturated heterocycles. The van der Waals surface area contributed by atoms with Gasteiger partial charge in [-0.05, 0) is 43.9 Å². The Bertz CT molecular complexity index is 667. The molecule has 1 aromatic heterocycles. The third-order valence-corrected chi connectivity index (χ3v) is 5.27. The fourth-order valence-corrected chi connectivity index (χ4v) is 4.35. The molecule has 0 radical (unpaired) electrons. The second kappa shape index (κ2) is 5.64. The minimum absolute atomic E-state index is 0.0467. The maximum atomic E-state index is 11.4. The highest BCUT2D eigenvalue weighted by molar-refractivity contribution is 7.18. The van der Waals surface area contributed by atoms with Crippen LogP contribution in [0.2, 0.25) is 0 Å².